The van der Waals surface area contributed by atoms with Crippen molar-refractivity contribution >= 4 is 46.1 Å². The third kappa shape index (κ3) is 6.41. The van der Waals surface area contributed by atoms with Gasteiger partial charge < -0.3 is 19.9 Å². The van der Waals surface area contributed by atoms with Crippen molar-refractivity contribution in [3.8, 4) is 10.4 Å². The van der Waals surface area contributed by atoms with Crippen molar-refractivity contribution in [2.24, 2.45) is 5.41 Å². The van der Waals surface area contributed by atoms with Gasteiger partial charge in [0.25, 0.3) is 11.8 Å². The maximum Gasteiger partial charge on any atom is 0.265 e. The molecule has 0 aliphatic carbocycles. The van der Waals surface area contributed by atoms with E-state index >= 15 is 0 Å². The molecule has 5 heterocycles. The molecule has 1 N–H and O–H groups in total. The number of halogens is 1. The van der Waals surface area contributed by atoms with E-state index in [4.69, 9.17) is 9.72 Å². The van der Waals surface area contributed by atoms with Crippen LogP contribution in [0, 0.1) is 25.1 Å². The largest absolute Gasteiger partial charge is 0.381 e. The van der Waals surface area contributed by atoms with Crippen LogP contribution in [0.1, 0.15) is 65.5 Å². The van der Waals surface area contributed by atoms with E-state index in [0.717, 1.165) is 77.8 Å². The van der Waals surface area contributed by atoms with Gasteiger partial charge in [-0.1, -0.05) is 48.5 Å². The first-order valence-electron chi connectivity index (χ1n) is 17.7. The van der Waals surface area contributed by atoms with Crippen molar-refractivity contribution < 1.29 is 23.5 Å². The van der Waals surface area contributed by atoms with Crippen LogP contribution in [0.2, 0.25) is 0 Å². The van der Waals surface area contributed by atoms with Gasteiger partial charge in [-0.25, -0.2) is 9.37 Å². The number of thiophene rings is 1. The molecule has 8 rings (SSSR count). The van der Waals surface area contributed by atoms with Crippen molar-refractivity contribution in [2.75, 3.05) is 48.0 Å². The lowest BCUT2D eigenvalue weighted by Gasteiger charge is -2.53. The molecule has 8 nitrogen and oxygen atoms in total. The molecular weight excluding hydrogens is 676 g/mol. The number of pyridine rings is 1. The quantitative estimate of drug-likeness (QED) is 0.172. The third-order valence-corrected chi connectivity index (χ3v) is 11.8. The lowest BCUT2D eigenvalue weighted by Crippen LogP contribution is -2.59. The molecule has 1 spiro atoms. The van der Waals surface area contributed by atoms with Crippen LogP contribution in [0.25, 0.3) is 10.4 Å². The van der Waals surface area contributed by atoms with E-state index in [-0.39, 0.29) is 35.1 Å². The zero-order chi connectivity index (χ0) is 36.0. The molecule has 0 radical (unpaired) electrons. The number of para-hydroxylation sites is 2. The number of aryl methyl sites for hydroxylation is 2. The monoisotopic (exact) mass is 714 g/mol. The lowest BCUT2D eigenvalue weighted by atomic mass is 9.73. The highest BCUT2D eigenvalue weighted by Gasteiger charge is 2.45. The van der Waals surface area contributed by atoms with Gasteiger partial charge in [-0.2, -0.15) is 0 Å². The number of Topliss-reactive ketones (excluding diaryl/α,β-unsaturated/α-hetero) is 1. The minimum absolute atomic E-state index is 0.0245. The summed E-state index contributed by atoms with van der Waals surface area (Å²) in [6, 6.07) is 23.2. The number of aromatic nitrogens is 1. The van der Waals surface area contributed by atoms with Crippen molar-refractivity contribution in [2.45, 2.75) is 39.5 Å². The number of rotatable bonds is 7. The zero-order valence-electron chi connectivity index (χ0n) is 29.2. The summed E-state index contributed by atoms with van der Waals surface area (Å²) in [5, 5.41) is 2.74. The molecule has 0 saturated carbocycles. The van der Waals surface area contributed by atoms with Crippen LogP contribution in [0.15, 0.2) is 85.1 Å². The van der Waals surface area contributed by atoms with Gasteiger partial charge in [0.15, 0.2) is 5.78 Å². The van der Waals surface area contributed by atoms with Gasteiger partial charge in [0.2, 0.25) is 0 Å². The predicted octanol–water partition coefficient (Wildman–Crippen LogP) is 8.06. The van der Waals surface area contributed by atoms with E-state index in [2.05, 4.69) is 16.3 Å². The maximum absolute atomic E-state index is 14.5. The number of benzene rings is 3. The Bertz CT molecular complexity index is 2180. The van der Waals surface area contributed by atoms with Crippen LogP contribution in [0.4, 0.5) is 21.6 Å². The van der Waals surface area contributed by atoms with Gasteiger partial charge in [-0.3, -0.25) is 14.4 Å². The van der Waals surface area contributed by atoms with E-state index in [1.807, 2.05) is 43.5 Å². The molecular formula is C42H39FN4O4S. The van der Waals surface area contributed by atoms with E-state index in [1.54, 1.807) is 48.2 Å². The molecule has 2 aromatic heterocycles. The third-order valence-electron chi connectivity index (χ3n) is 10.6. The Hall–Kier alpha value is -5.19. The molecule has 0 atom stereocenters. The molecule has 52 heavy (non-hydrogen) atoms. The topological polar surface area (TPSA) is 91.8 Å². The maximum atomic E-state index is 14.5. The molecule has 5 aromatic rings. The Morgan fingerprint density at radius 2 is 1.69 bits per heavy atom. The van der Waals surface area contributed by atoms with Gasteiger partial charge in [-0.05, 0) is 80.1 Å². The predicted molar refractivity (Wildman–Crippen MR) is 202 cm³/mol. The summed E-state index contributed by atoms with van der Waals surface area (Å²) in [7, 11) is 0. The summed E-state index contributed by atoms with van der Waals surface area (Å²) < 4.78 is 20.0. The van der Waals surface area contributed by atoms with Crippen LogP contribution >= 0.6 is 11.3 Å². The number of amides is 2. The Morgan fingerprint density at radius 1 is 0.942 bits per heavy atom. The summed E-state index contributed by atoms with van der Waals surface area (Å²) in [6.07, 6.45) is 4.75. The minimum atomic E-state index is -0.480. The van der Waals surface area contributed by atoms with Crippen LogP contribution in [0.5, 0.6) is 0 Å². The summed E-state index contributed by atoms with van der Waals surface area (Å²) in [6.45, 7) is 7.63. The number of nitrogens with one attached hydrogen (secondary N) is 1. The smallest absolute Gasteiger partial charge is 0.265 e. The van der Waals surface area contributed by atoms with Crippen molar-refractivity contribution in [1.82, 2.24) is 4.98 Å². The number of anilines is 3. The Morgan fingerprint density at radius 3 is 2.46 bits per heavy atom. The van der Waals surface area contributed by atoms with Crippen LogP contribution in [0.3, 0.4) is 0 Å². The van der Waals surface area contributed by atoms with Crippen LogP contribution in [-0.4, -0.2) is 55.4 Å². The summed E-state index contributed by atoms with van der Waals surface area (Å²) in [5.74, 6) is -0.163. The Balaban J connectivity index is 0.978. The molecule has 0 unspecified atom stereocenters. The number of carbonyl (C=O) groups excluding carboxylic acids is 3. The summed E-state index contributed by atoms with van der Waals surface area (Å²) in [4.78, 5) is 51.1. The molecule has 3 aliphatic rings. The first-order valence-corrected chi connectivity index (χ1v) is 18.5. The van der Waals surface area contributed by atoms with Crippen molar-refractivity contribution in [3.05, 3.63) is 129 Å². The standard InChI is InChI=1S/C42H39FN4O4S/c1-26-20-31(39(44-23-26)46-24-42(25-46)15-18-51-19-16-42)21-35(48)28-10-12-29(13-11-28)41(50)47-17-14-30-22-36(52-38(30)32-7-3-4-9-34(32)47)40(49)45-37-27(2)6-5-8-33(37)43/h3-13,20,22-23H,14-19,21,24-25H2,1-2H3,(H,45,49). The molecule has 0 bridgehead atoms. The SMILES string of the molecule is Cc1cnc(N2CC3(CCOCC3)C2)c(CC(=O)c2ccc(C(=O)N3CCc4cc(C(=O)Nc5c(C)cccc5F)sc4-c4ccccc43)cc2)c1. The second-order valence-electron chi connectivity index (χ2n) is 14.2. The minimum Gasteiger partial charge on any atom is -0.381 e. The average molecular weight is 715 g/mol. The highest BCUT2D eigenvalue weighted by atomic mass is 32.1. The zero-order valence-corrected chi connectivity index (χ0v) is 30.0. The van der Waals surface area contributed by atoms with Gasteiger partial charge >= 0.3 is 0 Å². The summed E-state index contributed by atoms with van der Waals surface area (Å²) in [5.41, 5.74) is 6.63. The van der Waals surface area contributed by atoms with E-state index in [9.17, 15) is 18.8 Å². The molecule has 264 valence electrons. The Kier molecular flexibility index (Phi) is 8.97. The van der Waals surface area contributed by atoms with Crippen molar-refractivity contribution in [3.63, 3.8) is 0 Å². The average Bonchev–Trinajstić information content (AvgIpc) is 3.50. The van der Waals surface area contributed by atoms with E-state index in [1.165, 1.54) is 17.4 Å². The second-order valence-corrected chi connectivity index (χ2v) is 15.3. The lowest BCUT2D eigenvalue weighted by molar-refractivity contribution is -0.000502. The first kappa shape index (κ1) is 33.9. The molecule has 10 heteroatoms. The number of fused-ring (bicyclic) bond motifs is 3. The fourth-order valence-electron chi connectivity index (χ4n) is 7.69. The van der Waals surface area contributed by atoms with Gasteiger partial charge in [-0.15, -0.1) is 11.3 Å². The van der Waals surface area contributed by atoms with Crippen molar-refractivity contribution in [1.29, 1.82) is 0 Å². The van der Waals surface area contributed by atoms with Gasteiger partial charge in [0.05, 0.1) is 16.3 Å². The van der Waals surface area contributed by atoms with Gasteiger partial charge in [0, 0.05) is 78.0 Å². The van der Waals surface area contributed by atoms with E-state index in [0.29, 0.717) is 34.5 Å². The number of nitrogens with zero attached hydrogens (tertiary/aromatic N) is 3. The fourth-order valence-corrected chi connectivity index (χ4v) is 8.82. The number of carbonyl (C=O) groups is 3. The van der Waals surface area contributed by atoms with E-state index < -0.39 is 5.82 Å². The molecule has 2 saturated heterocycles. The van der Waals surface area contributed by atoms with Crippen LogP contribution < -0.4 is 15.1 Å². The summed E-state index contributed by atoms with van der Waals surface area (Å²) >= 11 is 1.34. The van der Waals surface area contributed by atoms with Gasteiger partial charge in [0.1, 0.15) is 11.6 Å². The highest BCUT2D eigenvalue weighted by Crippen LogP contribution is 2.44. The number of ketones is 1. The number of hydrogen-bond acceptors (Lipinski definition) is 7. The number of hydrogen-bond donors (Lipinski definition) is 1. The second kappa shape index (κ2) is 13.7. The Labute approximate surface area is 306 Å². The molecule has 2 amide bonds. The first-order chi connectivity index (χ1) is 25.2. The highest BCUT2D eigenvalue weighted by molar-refractivity contribution is 7.17. The van der Waals surface area contributed by atoms with Crippen LogP contribution in [-0.2, 0) is 17.6 Å². The molecule has 3 aromatic carbocycles. The molecule has 3 aliphatic heterocycles. The molecule has 2 fully saturated rings. The number of ether oxygens (including phenoxy) is 1. The fraction of sp³-hybridized carbons (Fsp3) is 0.286. The normalized spacial score (nSPS) is 16.1.